The Kier molecular flexibility index (Phi) is 6.83. The van der Waals surface area contributed by atoms with Gasteiger partial charge in [0.15, 0.2) is 0 Å². The van der Waals surface area contributed by atoms with Crippen molar-refractivity contribution in [2.75, 3.05) is 19.0 Å². The summed E-state index contributed by atoms with van der Waals surface area (Å²) < 4.78 is 7.42. The van der Waals surface area contributed by atoms with E-state index in [4.69, 9.17) is 4.74 Å². The molecule has 0 aliphatic carbocycles. The van der Waals surface area contributed by atoms with Gasteiger partial charge in [0.25, 0.3) is 5.91 Å². The number of rotatable bonds is 7. The van der Waals surface area contributed by atoms with Crippen LogP contribution in [0.5, 0.6) is 0 Å². The molecule has 154 valence electrons. The third-order valence-electron chi connectivity index (χ3n) is 4.84. The number of carbonyl (C=O) groups excluding carboxylic acids is 1. The molecule has 1 N–H and O–H groups in total. The molecular formula is C23H24N4O2S. The highest BCUT2D eigenvalue weighted by molar-refractivity contribution is 7.13. The Morgan fingerprint density at radius 1 is 1.40 bits per heavy atom. The molecule has 0 radical (unpaired) electrons. The van der Waals surface area contributed by atoms with Crippen LogP contribution in [0.2, 0.25) is 0 Å². The first-order valence-electron chi connectivity index (χ1n) is 9.55. The Morgan fingerprint density at radius 2 is 2.20 bits per heavy atom. The van der Waals surface area contributed by atoms with E-state index in [1.807, 2.05) is 49.6 Å². The number of aryl methyl sites for hydroxylation is 1. The van der Waals surface area contributed by atoms with E-state index >= 15 is 0 Å². The quantitative estimate of drug-likeness (QED) is 0.432. The maximum Gasteiger partial charge on any atom is 0.266 e. The fourth-order valence-corrected chi connectivity index (χ4v) is 4.18. The molecule has 1 aromatic carbocycles. The van der Waals surface area contributed by atoms with Crippen LogP contribution in [0.25, 0.3) is 16.6 Å². The summed E-state index contributed by atoms with van der Waals surface area (Å²) in [5, 5.41) is 15.2. The maximum absolute atomic E-state index is 12.7. The van der Waals surface area contributed by atoms with Crippen LogP contribution >= 0.6 is 11.3 Å². The lowest BCUT2D eigenvalue weighted by molar-refractivity contribution is -0.112. The monoisotopic (exact) mass is 420 g/mol. The van der Waals surface area contributed by atoms with Crippen molar-refractivity contribution in [2.24, 2.45) is 0 Å². The highest BCUT2D eigenvalue weighted by Crippen LogP contribution is 2.25. The molecule has 3 aromatic rings. The van der Waals surface area contributed by atoms with Crippen molar-refractivity contribution < 1.29 is 9.53 Å². The SMILES string of the molecule is COCC(C)n1c(C)cc(/C=C(\C#N)C(=O)Nc2cccc(-c3nccs3)c2)c1C. The summed E-state index contributed by atoms with van der Waals surface area (Å²) in [6.45, 7) is 6.65. The first-order valence-corrected chi connectivity index (χ1v) is 10.4. The van der Waals surface area contributed by atoms with Crippen LogP contribution in [0, 0.1) is 25.2 Å². The number of aromatic nitrogens is 2. The minimum atomic E-state index is -0.441. The summed E-state index contributed by atoms with van der Waals surface area (Å²) in [6, 6.07) is 11.6. The molecule has 6 nitrogen and oxygen atoms in total. The molecule has 0 saturated heterocycles. The largest absolute Gasteiger partial charge is 0.383 e. The van der Waals surface area contributed by atoms with Crippen molar-refractivity contribution in [3.63, 3.8) is 0 Å². The number of nitrogens with one attached hydrogen (secondary N) is 1. The van der Waals surface area contributed by atoms with Gasteiger partial charge >= 0.3 is 0 Å². The van der Waals surface area contributed by atoms with Gasteiger partial charge < -0.3 is 14.6 Å². The molecule has 30 heavy (non-hydrogen) atoms. The second kappa shape index (κ2) is 9.53. The number of thiazole rings is 1. The van der Waals surface area contributed by atoms with Gasteiger partial charge in [0, 0.05) is 41.3 Å². The molecule has 0 bridgehead atoms. The molecule has 2 aromatic heterocycles. The van der Waals surface area contributed by atoms with Crippen molar-refractivity contribution in [3.8, 4) is 16.6 Å². The molecule has 0 aliphatic rings. The van der Waals surface area contributed by atoms with Crippen LogP contribution in [0.1, 0.15) is 29.9 Å². The fraction of sp³-hybridized carbons (Fsp3) is 0.261. The number of hydrogen-bond acceptors (Lipinski definition) is 5. The van der Waals surface area contributed by atoms with E-state index in [1.165, 1.54) is 11.3 Å². The van der Waals surface area contributed by atoms with E-state index in [2.05, 4.69) is 21.8 Å². The number of nitriles is 1. The zero-order chi connectivity index (χ0) is 21.7. The summed E-state index contributed by atoms with van der Waals surface area (Å²) in [5.74, 6) is -0.441. The Bertz CT molecular complexity index is 1110. The van der Waals surface area contributed by atoms with Crippen molar-refractivity contribution >= 4 is 29.0 Å². The Morgan fingerprint density at radius 3 is 2.87 bits per heavy atom. The molecule has 2 heterocycles. The minimum absolute atomic E-state index is 0.0503. The average molecular weight is 421 g/mol. The van der Waals surface area contributed by atoms with Crippen molar-refractivity contribution in [1.29, 1.82) is 5.26 Å². The van der Waals surface area contributed by atoms with Gasteiger partial charge in [-0.1, -0.05) is 12.1 Å². The number of carbonyl (C=O) groups is 1. The zero-order valence-corrected chi connectivity index (χ0v) is 18.3. The molecule has 1 amide bonds. The third-order valence-corrected chi connectivity index (χ3v) is 5.66. The molecule has 0 spiro atoms. The van der Waals surface area contributed by atoms with Gasteiger partial charge in [-0.2, -0.15) is 5.26 Å². The van der Waals surface area contributed by atoms with Gasteiger partial charge in [-0.25, -0.2) is 4.98 Å². The van der Waals surface area contributed by atoms with Crippen molar-refractivity contribution in [1.82, 2.24) is 9.55 Å². The van der Waals surface area contributed by atoms with Gasteiger partial charge in [-0.3, -0.25) is 4.79 Å². The number of hydrogen-bond donors (Lipinski definition) is 1. The van der Waals surface area contributed by atoms with Gasteiger partial charge in [-0.15, -0.1) is 11.3 Å². The van der Waals surface area contributed by atoms with Crippen LogP contribution < -0.4 is 5.32 Å². The number of amides is 1. The smallest absolute Gasteiger partial charge is 0.266 e. The standard InChI is InChI=1S/C23H24N4O2S/c1-15-10-19(17(3)27(15)16(2)14-29-4)11-20(13-24)22(28)26-21-7-5-6-18(12-21)23-25-8-9-30-23/h5-12,16H,14H2,1-4H3,(H,26,28)/b20-11+. The number of nitrogens with zero attached hydrogens (tertiary/aromatic N) is 3. The highest BCUT2D eigenvalue weighted by atomic mass is 32.1. The van der Waals surface area contributed by atoms with E-state index in [9.17, 15) is 10.1 Å². The molecule has 1 unspecified atom stereocenters. The highest BCUT2D eigenvalue weighted by Gasteiger charge is 2.16. The van der Waals surface area contributed by atoms with Crippen LogP contribution in [-0.4, -0.2) is 29.2 Å². The lowest BCUT2D eigenvalue weighted by Crippen LogP contribution is -2.14. The van der Waals surface area contributed by atoms with E-state index in [1.54, 1.807) is 25.4 Å². The summed E-state index contributed by atoms with van der Waals surface area (Å²) >= 11 is 1.53. The lowest BCUT2D eigenvalue weighted by atomic mass is 10.1. The number of benzene rings is 1. The van der Waals surface area contributed by atoms with Crippen LogP contribution in [0.4, 0.5) is 5.69 Å². The normalized spacial score (nSPS) is 12.4. The van der Waals surface area contributed by atoms with Gasteiger partial charge in [0.1, 0.15) is 16.6 Å². The van der Waals surface area contributed by atoms with Crippen molar-refractivity contribution in [3.05, 3.63) is 64.4 Å². The van der Waals surface area contributed by atoms with Crippen LogP contribution in [0.3, 0.4) is 0 Å². The lowest BCUT2D eigenvalue weighted by Gasteiger charge is -2.17. The van der Waals surface area contributed by atoms with Gasteiger partial charge in [-0.05, 0) is 50.6 Å². The average Bonchev–Trinajstić information content (AvgIpc) is 3.35. The summed E-state index contributed by atoms with van der Waals surface area (Å²) in [7, 11) is 1.67. The zero-order valence-electron chi connectivity index (χ0n) is 17.5. The van der Waals surface area contributed by atoms with E-state index < -0.39 is 5.91 Å². The minimum Gasteiger partial charge on any atom is -0.383 e. The maximum atomic E-state index is 12.7. The van der Waals surface area contributed by atoms with Gasteiger partial charge in [0.2, 0.25) is 0 Å². The second-order valence-electron chi connectivity index (χ2n) is 7.04. The summed E-state index contributed by atoms with van der Waals surface area (Å²) in [6.07, 6.45) is 3.38. The second-order valence-corrected chi connectivity index (χ2v) is 7.94. The molecule has 7 heteroatoms. The Balaban J connectivity index is 1.84. The van der Waals surface area contributed by atoms with Crippen LogP contribution in [-0.2, 0) is 9.53 Å². The third kappa shape index (κ3) is 4.67. The van der Waals surface area contributed by atoms with E-state index in [-0.39, 0.29) is 11.6 Å². The molecule has 0 saturated carbocycles. The number of anilines is 1. The first kappa shape index (κ1) is 21.5. The molecule has 3 rings (SSSR count). The predicted molar refractivity (Wildman–Crippen MR) is 120 cm³/mol. The topological polar surface area (TPSA) is 79.9 Å². The van der Waals surface area contributed by atoms with E-state index in [0.29, 0.717) is 12.3 Å². The van der Waals surface area contributed by atoms with Crippen molar-refractivity contribution in [2.45, 2.75) is 26.8 Å². The Labute approximate surface area is 180 Å². The summed E-state index contributed by atoms with van der Waals surface area (Å²) in [5.41, 5.74) is 4.47. The molecule has 1 atom stereocenters. The molecular weight excluding hydrogens is 396 g/mol. The number of methoxy groups -OCH3 is 1. The Hall–Kier alpha value is -3.21. The van der Waals surface area contributed by atoms with Gasteiger partial charge in [0.05, 0.1) is 12.6 Å². The molecule has 0 fully saturated rings. The predicted octanol–water partition coefficient (Wildman–Crippen LogP) is 4.98. The summed E-state index contributed by atoms with van der Waals surface area (Å²) in [4.78, 5) is 17.0. The first-order chi connectivity index (χ1) is 14.4. The van der Waals surface area contributed by atoms with Crippen LogP contribution in [0.15, 0.2) is 47.5 Å². The number of ether oxygens (including phenoxy) is 1. The molecule has 0 aliphatic heterocycles. The fourth-order valence-electron chi connectivity index (χ4n) is 3.54. The van der Waals surface area contributed by atoms with E-state index in [0.717, 1.165) is 27.5 Å².